The first-order valence-electron chi connectivity index (χ1n) is 10.9. The van der Waals surface area contributed by atoms with Crippen LogP contribution in [0.1, 0.15) is 60.1 Å². The number of hydrogen-bond acceptors (Lipinski definition) is 3. The molecule has 0 saturated heterocycles. The van der Waals surface area contributed by atoms with Crippen LogP contribution in [0.4, 0.5) is 0 Å². The Balaban J connectivity index is 1.49. The molecule has 0 bridgehead atoms. The zero-order chi connectivity index (χ0) is 20.1. The third-order valence-electron chi connectivity index (χ3n) is 5.85. The zero-order valence-corrected chi connectivity index (χ0v) is 17.0. The van der Waals surface area contributed by atoms with Gasteiger partial charge in [-0.3, -0.25) is 9.59 Å². The Morgan fingerprint density at radius 2 is 1.97 bits per heavy atom. The van der Waals surface area contributed by atoms with E-state index in [4.69, 9.17) is 4.74 Å². The van der Waals surface area contributed by atoms with Crippen LogP contribution in [0.25, 0.3) is 0 Å². The van der Waals surface area contributed by atoms with E-state index in [-0.39, 0.29) is 11.5 Å². The normalized spacial score (nSPS) is 16.0. The van der Waals surface area contributed by atoms with Gasteiger partial charge in [0.15, 0.2) is 0 Å². The van der Waals surface area contributed by atoms with Gasteiger partial charge < -0.3 is 14.6 Å². The highest BCUT2D eigenvalue weighted by atomic mass is 16.5. The van der Waals surface area contributed by atoms with Gasteiger partial charge in [-0.2, -0.15) is 0 Å². The molecule has 2 heterocycles. The maximum absolute atomic E-state index is 13.1. The van der Waals surface area contributed by atoms with Crippen LogP contribution in [0.2, 0.25) is 0 Å². The number of rotatable bonds is 8. The molecule has 5 nitrogen and oxygen atoms in total. The number of carbonyl (C=O) groups excluding carboxylic acids is 1. The summed E-state index contributed by atoms with van der Waals surface area (Å²) in [5.74, 6) is 0.920. The highest BCUT2D eigenvalue weighted by Crippen LogP contribution is 2.31. The van der Waals surface area contributed by atoms with E-state index in [2.05, 4.69) is 17.4 Å². The van der Waals surface area contributed by atoms with Crippen molar-refractivity contribution in [2.45, 2.75) is 57.9 Å². The summed E-state index contributed by atoms with van der Waals surface area (Å²) < 4.78 is 7.76. The molecule has 1 N–H and O–H groups in total. The lowest BCUT2D eigenvalue weighted by Gasteiger charge is -2.18. The van der Waals surface area contributed by atoms with Crippen molar-refractivity contribution in [2.75, 3.05) is 13.2 Å². The third-order valence-corrected chi connectivity index (χ3v) is 5.85. The first-order valence-corrected chi connectivity index (χ1v) is 10.9. The third kappa shape index (κ3) is 5.08. The van der Waals surface area contributed by atoms with Crippen molar-refractivity contribution in [1.29, 1.82) is 0 Å². The number of aromatic nitrogens is 1. The molecule has 1 aromatic heterocycles. The minimum Gasteiger partial charge on any atom is -0.492 e. The first-order chi connectivity index (χ1) is 14.2. The van der Waals surface area contributed by atoms with Gasteiger partial charge >= 0.3 is 0 Å². The number of hydrogen-bond donors (Lipinski definition) is 1. The van der Waals surface area contributed by atoms with Gasteiger partial charge in [-0.15, -0.1) is 0 Å². The van der Waals surface area contributed by atoms with Gasteiger partial charge in [0.1, 0.15) is 11.3 Å². The van der Waals surface area contributed by atoms with Crippen LogP contribution in [-0.4, -0.2) is 23.6 Å². The maximum Gasteiger partial charge on any atom is 0.256 e. The van der Waals surface area contributed by atoms with Gasteiger partial charge in [-0.25, -0.2) is 0 Å². The Kier molecular flexibility index (Phi) is 6.33. The lowest BCUT2D eigenvalue weighted by molar-refractivity contribution is 0.0946. The SMILES string of the molecule is O=C(NCCCc1ccccc1)c1c(OCC2CC2)cc(=O)n2c1CCCCC2. The van der Waals surface area contributed by atoms with Crippen LogP contribution >= 0.6 is 0 Å². The molecule has 0 atom stereocenters. The standard InChI is InChI=1S/C24H30N2O3/c27-22-16-21(29-17-19-12-13-19)23(20-11-5-2-6-15-26(20)22)24(28)25-14-7-10-18-8-3-1-4-9-18/h1,3-4,8-9,16,19H,2,5-7,10-15,17H2,(H,25,28). The quantitative estimate of drug-likeness (QED) is 0.694. The van der Waals surface area contributed by atoms with Crippen LogP contribution in [-0.2, 0) is 19.4 Å². The highest BCUT2D eigenvalue weighted by molar-refractivity contribution is 5.98. The summed E-state index contributed by atoms with van der Waals surface area (Å²) in [5, 5.41) is 3.07. The number of benzene rings is 1. The number of amides is 1. The average Bonchev–Trinajstić information content (AvgIpc) is 3.57. The summed E-state index contributed by atoms with van der Waals surface area (Å²) in [6.07, 6.45) is 7.96. The van der Waals surface area contributed by atoms with Gasteiger partial charge in [0.2, 0.25) is 0 Å². The lowest BCUT2D eigenvalue weighted by atomic mass is 10.1. The molecule has 0 unspecified atom stereocenters. The molecular formula is C24H30N2O3. The van der Waals surface area contributed by atoms with E-state index in [0.29, 0.717) is 36.9 Å². The van der Waals surface area contributed by atoms with Crippen LogP contribution in [0.3, 0.4) is 0 Å². The van der Waals surface area contributed by atoms with Crippen molar-refractivity contribution in [1.82, 2.24) is 9.88 Å². The average molecular weight is 395 g/mol. The second-order valence-corrected chi connectivity index (χ2v) is 8.23. The van der Waals surface area contributed by atoms with Crippen LogP contribution in [0, 0.1) is 5.92 Å². The Morgan fingerprint density at radius 3 is 2.76 bits per heavy atom. The van der Waals surface area contributed by atoms with Crippen molar-refractivity contribution in [2.24, 2.45) is 5.92 Å². The van der Waals surface area contributed by atoms with E-state index in [9.17, 15) is 9.59 Å². The number of carbonyl (C=O) groups is 1. The van der Waals surface area contributed by atoms with Gasteiger partial charge in [-0.05, 0) is 56.4 Å². The Bertz CT molecular complexity index is 900. The molecule has 1 saturated carbocycles. The number of nitrogens with one attached hydrogen (secondary N) is 1. The van der Waals surface area contributed by atoms with Crippen molar-refractivity contribution in [3.63, 3.8) is 0 Å². The number of pyridine rings is 1. The maximum atomic E-state index is 13.1. The number of ether oxygens (including phenoxy) is 1. The summed E-state index contributed by atoms with van der Waals surface area (Å²) >= 11 is 0. The minimum absolute atomic E-state index is 0.0478. The second-order valence-electron chi connectivity index (χ2n) is 8.23. The fourth-order valence-electron chi connectivity index (χ4n) is 3.99. The van der Waals surface area contributed by atoms with Crippen molar-refractivity contribution < 1.29 is 9.53 Å². The fourth-order valence-corrected chi connectivity index (χ4v) is 3.99. The molecular weight excluding hydrogens is 364 g/mol. The number of nitrogens with zero attached hydrogens (tertiary/aromatic N) is 1. The zero-order valence-electron chi connectivity index (χ0n) is 17.0. The monoisotopic (exact) mass is 394 g/mol. The highest BCUT2D eigenvalue weighted by Gasteiger charge is 2.26. The first kappa shape index (κ1) is 19.7. The summed E-state index contributed by atoms with van der Waals surface area (Å²) in [6.45, 7) is 1.89. The topological polar surface area (TPSA) is 60.3 Å². The van der Waals surface area contributed by atoms with E-state index in [1.807, 2.05) is 18.2 Å². The molecule has 29 heavy (non-hydrogen) atoms. The van der Waals surface area contributed by atoms with Crippen LogP contribution in [0.5, 0.6) is 5.75 Å². The van der Waals surface area contributed by atoms with E-state index < -0.39 is 0 Å². The van der Waals surface area contributed by atoms with E-state index >= 15 is 0 Å². The molecule has 1 aliphatic carbocycles. The molecule has 4 rings (SSSR count). The lowest BCUT2D eigenvalue weighted by Crippen LogP contribution is -2.31. The molecule has 0 spiro atoms. The molecule has 1 aromatic carbocycles. The number of fused-ring (bicyclic) bond motifs is 1. The van der Waals surface area contributed by atoms with Crippen molar-refractivity contribution >= 4 is 5.91 Å². The van der Waals surface area contributed by atoms with Gasteiger partial charge in [-0.1, -0.05) is 36.8 Å². The van der Waals surface area contributed by atoms with E-state index in [1.165, 1.54) is 24.5 Å². The predicted molar refractivity (Wildman–Crippen MR) is 114 cm³/mol. The molecule has 1 aliphatic heterocycles. The minimum atomic E-state index is -0.116. The number of aryl methyl sites for hydroxylation is 1. The molecule has 2 aromatic rings. The van der Waals surface area contributed by atoms with E-state index in [0.717, 1.165) is 44.2 Å². The Morgan fingerprint density at radius 1 is 1.14 bits per heavy atom. The molecule has 1 amide bonds. The molecule has 0 radical (unpaired) electrons. The molecule has 5 heteroatoms. The summed E-state index contributed by atoms with van der Waals surface area (Å²) in [6, 6.07) is 11.8. The van der Waals surface area contributed by atoms with Gasteiger partial charge in [0.05, 0.1) is 6.61 Å². The summed E-state index contributed by atoms with van der Waals surface area (Å²) in [7, 11) is 0. The molecule has 2 aliphatic rings. The second kappa shape index (κ2) is 9.29. The smallest absolute Gasteiger partial charge is 0.256 e. The summed E-state index contributed by atoms with van der Waals surface area (Å²) in [5.41, 5.74) is 2.65. The Labute approximate surface area is 172 Å². The largest absolute Gasteiger partial charge is 0.492 e. The van der Waals surface area contributed by atoms with Crippen molar-refractivity contribution in [3.05, 3.63) is 63.6 Å². The van der Waals surface area contributed by atoms with Crippen molar-refractivity contribution in [3.8, 4) is 5.75 Å². The molecule has 154 valence electrons. The molecule has 1 fully saturated rings. The Hall–Kier alpha value is -2.56. The van der Waals surface area contributed by atoms with E-state index in [1.54, 1.807) is 4.57 Å². The summed E-state index contributed by atoms with van der Waals surface area (Å²) in [4.78, 5) is 25.8. The van der Waals surface area contributed by atoms with Crippen LogP contribution in [0.15, 0.2) is 41.2 Å². The predicted octanol–water partition coefficient (Wildman–Crippen LogP) is 3.73. The van der Waals surface area contributed by atoms with Crippen LogP contribution < -0.4 is 15.6 Å². The fraction of sp³-hybridized carbons (Fsp3) is 0.500. The van der Waals surface area contributed by atoms with Gasteiger partial charge in [0, 0.05) is 24.8 Å². The van der Waals surface area contributed by atoms with Gasteiger partial charge in [0.25, 0.3) is 11.5 Å².